The fourth-order valence-corrected chi connectivity index (χ4v) is 7.26. The average Bonchev–Trinajstić information content (AvgIpc) is 3.68. The topological polar surface area (TPSA) is 82.0 Å². The minimum atomic E-state index is -2.51. The number of hydrogen-bond acceptors (Lipinski definition) is 4. The minimum absolute atomic E-state index is 0.0957. The number of halogens is 5. The number of carbonyl (C=O) groups excluding carboxylic acids is 1. The van der Waals surface area contributed by atoms with Gasteiger partial charge in [-0.05, 0) is 55.9 Å². The first kappa shape index (κ1) is 27.7. The Morgan fingerprint density at radius 2 is 2.05 bits per heavy atom. The van der Waals surface area contributed by atoms with Crippen LogP contribution < -0.4 is 0 Å². The molecule has 11 heteroatoms. The molecule has 6 nitrogen and oxygen atoms in total. The number of likely N-dealkylation sites (tertiary alicyclic amines) is 1. The van der Waals surface area contributed by atoms with E-state index >= 15 is 4.39 Å². The number of amides is 1. The lowest BCUT2D eigenvalue weighted by molar-refractivity contribution is 0.00235. The van der Waals surface area contributed by atoms with Crippen LogP contribution in [0.3, 0.4) is 0 Å². The number of alkyl halides is 2. The summed E-state index contributed by atoms with van der Waals surface area (Å²) in [5.74, 6) is -1.89. The number of ether oxygens (including phenoxy) is 1. The van der Waals surface area contributed by atoms with Crippen LogP contribution in [0.5, 0.6) is 0 Å². The van der Waals surface area contributed by atoms with Crippen molar-refractivity contribution in [1.29, 1.82) is 5.26 Å². The molecule has 1 aliphatic carbocycles. The third kappa shape index (κ3) is 4.31. The normalized spacial score (nSPS) is 21.8. The highest BCUT2D eigenvalue weighted by Gasteiger charge is 2.57. The molecule has 6 rings (SSSR count). The van der Waals surface area contributed by atoms with Gasteiger partial charge in [0, 0.05) is 51.7 Å². The van der Waals surface area contributed by atoms with Gasteiger partial charge in [0.15, 0.2) is 5.82 Å². The number of fused-ring (bicyclic) bond motifs is 5. The highest BCUT2D eigenvalue weighted by molar-refractivity contribution is 6.43. The van der Waals surface area contributed by atoms with Gasteiger partial charge in [-0.15, -0.1) is 0 Å². The highest BCUT2D eigenvalue weighted by atomic mass is 35.5. The number of methoxy groups -OCH3 is 1. The summed E-state index contributed by atoms with van der Waals surface area (Å²) in [4.78, 5) is 22.3. The van der Waals surface area contributed by atoms with Crippen LogP contribution in [-0.4, -0.2) is 40.5 Å². The Bertz CT molecular complexity index is 1750. The molecule has 2 aromatic carbocycles. The van der Waals surface area contributed by atoms with E-state index in [-0.39, 0.29) is 46.4 Å². The molecular weight excluding hydrogens is 576 g/mol. The molecule has 2 bridgehead atoms. The van der Waals surface area contributed by atoms with Gasteiger partial charge < -0.3 is 9.72 Å². The van der Waals surface area contributed by atoms with Crippen LogP contribution in [0.4, 0.5) is 18.0 Å². The van der Waals surface area contributed by atoms with Crippen LogP contribution in [0, 0.1) is 35.9 Å². The van der Waals surface area contributed by atoms with Crippen LogP contribution in [0.2, 0.25) is 10.0 Å². The smallest absolute Gasteiger partial charge is 0.410 e. The molecule has 41 heavy (non-hydrogen) atoms. The molecule has 3 heterocycles. The molecule has 1 saturated carbocycles. The van der Waals surface area contributed by atoms with Crippen LogP contribution in [0.25, 0.3) is 32.9 Å². The molecule has 2 aliphatic rings. The van der Waals surface area contributed by atoms with Crippen LogP contribution >= 0.6 is 23.2 Å². The fourth-order valence-electron chi connectivity index (χ4n) is 6.86. The highest BCUT2D eigenvalue weighted by Crippen LogP contribution is 2.55. The van der Waals surface area contributed by atoms with Crippen molar-refractivity contribution in [2.75, 3.05) is 7.11 Å². The summed E-state index contributed by atoms with van der Waals surface area (Å²) in [5, 5.41) is 10.9. The zero-order valence-electron chi connectivity index (χ0n) is 22.1. The number of aromatic amines is 1. The average molecular weight is 601 g/mol. The summed E-state index contributed by atoms with van der Waals surface area (Å²) in [6, 6.07) is 9.68. The van der Waals surface area contributed by atoms with Crippen LogP contribution in [-0.2, 0) is 11.2 Å². The molecule has 1 amide bonds. The second-order valence-corrected chi connectivity index (χ2v) is 11.5. The lowest BCUT2D eigenvalue weighted by Crippen LogP contribution is -2.43. The van der Waals surface area contributed by atoms with Crippen molar-refractivity contribution in [3.63, 3.8) is 0 Å². The van der Waals surface area contributed by atoms with Gasteiger partial charge in [0.25, 0.3) is 0 Å². The lowest BCUT2D eigenvalue weighted by Gasteiger charge is -2.37. The van der Waals surface area contributed by atoms with E-state index in [2.05, 4.69) is 16.0 Å². The lowest BCUT2D eigenvalue weighted by atomic mass is 9.86. The standard InChI is InChI=1S/C30H25Cl2F3N4O2/c1-13-17-12-22(28-18-10-15(11-19(18)29(34)35)39(28)30(40)41-2)38-26(17)20-9-14(5-4-8-36)23(25(33)27(20)37-13)16-6-3-7-21(31)24(16)32/h3,6-7,9,12,15,18-19,28-29,38H,4-5,10-11H2,1-2H3. The molecule has 0 radical (unpaired) electrons. The van der Waals surface area contributed by atoms with Crippen LogP contribution in [0.1, 0.15) is 42.3 Å². The molecule has 212 valence electrons. The number of hydrogen-bond donors (Lipinski definition) is 1. The van der Waals surface area contributed by atoms with E-state index in [1.807, 2.05) is 6.07 Å². The zero-order valence-corrected chi connectivity index (χ0v) is 23.7. The molecule has 2 aromatic heterocycles. The first-order valence-electron chi connectivity index (χ1n) is 13.3. The summed E-state index contributed by atoms with van der Waals surface area (Å²) in [5.41, 5.74) is 2.94. The molecular formula is C30H25Cl2F3N4O2. The summed E-state index contributed by atoms with van der Waals surface area (Å²) in [7, 11) is 1.28. The van der Waals surface area contributed by atoms with Gasteiger partial charge >= 0.3 is 6.09 Å². The molecule has 4 aromatic rings. The number of piperidine rings is 1. The van der Waals surface area contributed by atoms with E-state index in [0.29, 0.717) is 45.2 Å². The predicted molar refractivity (Wildman–Crippen MR) is 151 cm³/mol. The number of pyridine rings is 1. The maximum Gasteiger partial charge on any atom is 0.410 e. The Labute approximate surface area is 244 Å². The Morgan fingerprint density at radius 3 is 2.76 bits per heavy atom. The van der Waals surface area contributed by atoms with Crippen molar-refractivity contribution in [3.8, 4) is 17.2 Å². The number of nitrogens with one attached hydrogen (secondary N) is 1. The van der Waals surface area contributed by atoms with Gasteiger partial charge in [-0.25, -0.2) is 22.9 Å². The molecule has 0 spiro atoms. The Balaban J connectivity index is 1.57. The largest absolute Gasteiger partial charge is 0.453 e. The van der Waals surface area contributed by atoms with Gasteiger partial charge in [-0.1, -0.05) is 35.3 Å². The number of carbonyl (C=O) groups is 1. The van der Waals surface area contributed by atoms with Gasteiger partial charge in [-0.3, -0.25) is 4.90 Å². The number of H-pyrrole nitrogens is 1. The summed E-state index contributed by atoms with van der Waals surface area (Å²) in [6.45, 7) is 1.75. The summed E-state index contributed by atoms with van der Waals surface area (Å²) < 4.78 is 49.4. The first-order valence-corrected chi connectivity index (χ1v) is 14.0. The third-order valence-electron chi connectivity index (χ3n) is 8.59. The van der Waals surface area contributed by atoms with Crippen molar-refractivity contribution < 1.29 is 22.7 Å². The molecule has 4 atom stereocenters. The molecule has 2 fully saturated rings. The second-order valence-electron chi connectivity index (χ2n) is 10.7. The molecule has 1 aliphatic heterocycles. The van der Waals surface area contributed by atoms with E-state index in [1.165, 1.54) is 7.11 Å². The summed E-state index contributed by atoms with van der Waals surface area (Å²) in [6.07, 6.45) is -2.00. The molecule has 1 saturated heterocycles. The predicted octanol–water partition coefficient (Wildman–Crippen LogP) is 8.38. The molecule has 4 unspecified atom stereocenters. The fraction of sp³-hybridized carbons (Fsp3) is 0.367. The monoisotopic (exact) mass is 600 g/mol. The van der Waals surface area contributed by atoms with Gasteiger partial charge in [0.1, 0.15) is 5.52 Å². The van der Waals surface area contributed by atoms with E-state index in [4.69, 9.17) is 27.9 Å². The number of nitriles is 1. The van der Waals surface area contributed by atoms with E-state index < -0.39 is 36.2 Å². The first-order chi connectivity index (χ1) is 19.7. The number of rotatable bonds is 5. The Hall–Kier alpha value is -3.48. The van der Waals surface area contributed by atoms with E-state index in [9.17, 15) is 18.8 Å². The Morgan fingerprint density at radius 1 is 1.27 bits per heavy atom. The number of nitrogens with zero attached hydrogens (tertiary/aromatic N) is 3. The summed E-state index contributed by atoms with van der Waals surface area (Å²) >= 11 is 12.7. The van der Waals surface area contributed by atoms with Gasteiger partial charge in [0.2, 0.25) is 6.43 Å². The Kier molecular flexibility index (Phi) is 7.03. The van der Waals surface area contributed by atoms with Crippen molar-refractivity contribution in [2.45, 2.75) is 51.1 Å². The van der Waals surface area contributed by atoms with Crippen molar-refractivity contribution >= 4 is 51.1 Å². The minimum Gasteiger partial charge on any atom is -0.453 e. The third-order valence-corrected chi connectivity index (χ3v) is 9.41. The maximum atomic E-state index is 16.4. The molecule has 1 N–H and O–H groups in total. The van der Waals surface area contributed by atoms with Crippen molar-refractivity contribution in [1.82, 2.24) is 14.9 Å². The maximum absolute atomic E-state index is 16.4. The number of aryl methyl sites for hydroxylation is 2. The van der Waals surface area contributed by atoms with E-state index in [0.717, 1.165) is 0 Å². The zero-order chi connectivity index (χ0) is 29.2. The number of benzene rings is 2. The van der Waals surface area contributed by atoms with Crippen molar-refractivity contribution in [3.05, 3.63) is 63.1 Å². The quantitative estimate of drug-likeness (QED) is 0.249. The van der Waals surface area contributed by atoms with Gasteiger partial charge in [0.05, 0.1) is 34.8 Å². The van der Waals surface area contributed by atoms with Crippen LogP contribution in [0.15, 0.2) is 30.3 Å². The van der Waals surface area contributed by atoms with E-state index in [1.54, 1.807) is 36.1 Å². The second kappa shape index (κ2) is 10.4. The van der Waals surface area contributed by atoms with Crippen molar-refractivity contribution in [2.24, 2.45) is 11.8 Å². The van der Waals surface area contributed by atoms with Gasteiger partial charge in [-0.2, -0.15) is 5.26 Å². The SMILES string of the molecule is COC(=O)N1C2CC(C(F)F)C(C2)C1c1cc2c(C)nc3c(F)c(-c4cccc(Cl)c4Cl)c(CCC#N)cc3c2[nH]1. The number of aromatic nitrogens is 2.